The van der Waals surface area contributed by atoms with E-state index < -0.39 is 0 Å². The van der Waals surface area contributed by atoms with Crippen molar-refractivity contribution in [3.8, 4) is 0 Å². The Kier molecular flexibility index (Phi) is 5.58. The number of amides is 2. The van der Waals surface area contributed by atoms with E-state index in [9.17, 15) is 9.59 Å². The molecule has 0 saturated heterocycles. The van der Waals surface area contributed by atoms with Crippen LogP contribution in [0.15, 0.2) is 52.9 Å². The number of hydrogen-bond acceptors (Lipinski definition) is 3. The molecular weight excluding hydrogens is 352 g/mol. The first-order valence-corrected chi connectivity index (χ1v) is 8.70. The molecule has 0 saturated carbocycles. The van der Waals surface area contributed by atoms with Crippen LogP contribution in [-0.2, 0) is 11.2 Å². The van der Waals surface area contributed by atoms with Gasteiger partial charge in [0, 0.05) is 29.1 Å². The molecule has 0 radical (unpaired) electrons. The Labute approximate surface area is 156 Å². The van der Waals surface area contributed by atoms with Crippen LogP contribution in [-0.4, -0.2) is 24.9 Å². The van der Waals surface area contributed by atoms with Gasteiger partial charge in [0.1, 0.15) is 5.58 Å². The highest BCUT2D eigenvalue weighted by Gasteiger charge is 2.17. The zero-order valence-electron chi connectivity index (χ0n) is 14.3. The molecule has 1 aromatic heterocycles. The van der Waals surface area contributed by atoms with E-state index in [1.165, 1.54) is 0 Å². The molecule has 0 fully saturated rings. The van der Waals surface area contributed by atoms with E-state index >= 15 is 0 Å². The smallest absolute Gasteiger partial charge is 0.287 e. The third-order valence-corrected chi connectivity index (χ3v) is 4.28. The molecule has 5 nitrogen and oxygen atoms in total. The van der Waals surface area contributed by atoms with Crippen molar-refractivity contribution < 1.29 is 14.0 Å². The van der Waals surface area contributed by atoms with Crippen LogP contribution in [0.1, 0.15) is 21.7 Å². The fourth-order valence-electron chi connectivity index (χ4n) is 2.71. The van der Waals surface area contributed by atoms with E-state index in [0.717, 1.165) is 16.5 Å². The first-order chi connectivity index (χ1) is 12.5. The van der Waals surface area contributed by atoms with Gasteiger partial charge in [-0.05, 0) is 30.7 Å². The minimum atomic E-state index is -0.313. The average molecular weight is 371 g/mol. The summed E-state index contributed by atoms with van der Waals surface area (Å²) in [6.45, 7) is 2.48. The Morgan fingerprint density at radius 3 is 2.54 bits per heavy atom. The van der Waals surface area contributed by atoms with Crippen LogP contribution < -0.4 is 10.6 Å². The predicted octanol–water partition coefficient (Wildman–Crippen LogP) is 3.48. The van der Waals surface area contributed by atoms with Gasteiger partial charge in [-0.15, -0.1) is 0 Å². The van der Waals surface area contributed by atoms with Crippen LogP contribution >= 0.6 is 11.6 Å². The molecule has 1 heterocycles. The number of benzene rings is 2. The van der Waals surface area contributed by atoms with Crippen molar-refractivity contribution in [1.29, 1.82) is 0 Å². The van der Waals surface area contributed by atoms with Crippen LogP contribution in [0.5, 0.6) is 0 Å². The molecular formula is C20H19ClN2O3. The Morgan fingerprint density at radius 2 is 1.77 bits per heavy atom. The van der Waals surface area contributed by atoms with Gasteiger partial charge < -0.3 is 15.1 Å². The lowest BCUT2D eigenvalue weighted by molar-refractivity contribution is -0.120. The minimum absolute atomic E-state index is 0.0833. The summed E-state index contributed by atoms with van der Waals surface area (Å²) >= 11 is 5.99. The van der Waals surface area contributed by atoms with Crippen LogP contribution in [0.2, 0.25) is 5.02 Å². The molecule has 0 aliphatic rings. The molecule has 2 amide bonds. The Hall–Kier alpha value is -2.79. The van der Waals surface area contributed by atoms with Gasteiger partial charge in [0.05, 0.1) is 6.42 Å². The molecule has 0 bridgehead atoms. The minimum Gasteiger partial charge on any atom is -0.451 e. The number of aryl methyl sites for hydroxylation is 1. The number of carbonyl (C=O) groups excluding carboxylic acids is 2. The first kappa shape index (κ1) is 18.0. The Balaban J connectivity index is 1.50. The molecule has 26 heavy (non-hydrogen) atoms. The van der Waals surface area contributed by atoms with Crippen molar-refractivity contribution >= 4 is 34.4 Å². The molecule has 0 unspecified atom stereocenters. The van der Waals surface area contributed by atoms with Crippen molar-refractivity contribution in [3.05, 3.63) is 70.4 Å². The van der Waals surface area contributed by atoms with Crippen LogP contribution in [0.3, 0.4) is 0 Å². The van der Waals surface area contributed by atoms with E-state index in [-0.39, 0.29) is 17.6 Å². The number of nitrogens with one attached hydrogen (secondary N) is 2. The predicted molar refractivity (Wildman–Crippen MR) is 101 cm³/mol. The van der Waals surface area contributed by atoms with Gasteiger partial charge in [0.2, 0.25) is 5.91 Å². The molecule has 0 spiro atoms. The number of halogens is 1. The third-order valence-electron chi connectivity index (χ3n) is 4.04. The van der Waals surface area contributed by atoms with Crippen molar-refractivity contribution in [2.45, 2.75) is 13.3 Å². The quantitative estimate of drug-likeness (QED) is 0.652. The van der Waals surface area contributed by atoms with Gasteiger partial charge >= 0.3 is 0 Å². The third kappa shape index (κ3) is 4.24. The summed E-state index contributed by atoms with van der Waals surface area (Å²) in [6.07, 6.45) is 0.318. The maximum Gasteiger partial charge on any atom is 0.287 e. The maximum absolute atomic E-state index is 12.3. The highest BCUT2D eigenvalue weighted by Crippen LogP contribution is 2.27. The summed E-state index contributed by atoms with van der Waals surface area (Å²) in [7, 11) is 0. The summed E-state index contributed by atoms with van der Waals surface area (Å²) in [5.74, 6) is -0.134. The zero-order chi connectivity index (χ0) is 18.5. The number of rotatable bonds is 6. The summed E-state index contributed by atoms with van der Waals surface area (Å²) < 4.78 is 5.61. The lowest BCUT2D eigenvalue weighted by Crippen LogP contribution is -2.35. The number of fused-ring (bicyclic) bond motifs is 1. The van der Waals surface area contributed by atoms with Gasteiger partial charge in [-0.2, -0.15) is 0 Å². The topological polar surface area (TPSA) is 71.3 Å². The normalized spacial score (nSPS) is 10.7. The Morgan fingerprint density at radius 1 is 1.04 bits per heavy atom. The monoisotopic (exact) mass is 370 g/mol. The number of carbonyl (C=O) groups is 2. The molecule has 134 valence electrons. The summed E-state index contributed by atoms with van der Waals surface area (Å²) in [5.41, 5.74) is 2.31. The van der Waals surface area contributed by atoms with E-state index in [1.54, 1.807) is 18.2 Å². The fraction of sp³-hybridized carbons (Fsp3) is 0.200. The highest BCUT2D eigenvalue weighted by atomic mass is 35.5. The average Bonchev–Trinajstić information content (AvgIpc) is 2.96. The van der Waals surface area contributed by atoms with Crippen molar-refractivity contribution in [2.24, 2.45) is 0 Å². The molecule has 0 aliphatic heterocycles. The molecule has 2 N–H and O–H groups in total. The van der Waals surface area contributed by atoms with E-state index in [1.807, 2.05) is 37.3 Å². The molecule has 6 heteroatoms. The van der Waals surface area contributed by atoms with Crippen LogP contribution in [0, 0.1) is 6.92 Å². The van der Waals surface area contributed by atoms with E-state index in [4.69, 9.17) is 16.0 Å². The lowest BCUT2D eigenvalue weighted by atomic mass is 10.1. The van der Waals surface area contributed by atoms with Gasteiger partial charge in [-0.25, -0.2) is 0 Å². The molecule has 3 rings (SSSR count). The zero-order valence-corrected chi connectivity index (χ0v) is 15.1. The van der Waals surface area contributed by atoms with Crippen LogP contribution in [0.4, 0.5) is 0 Å². The molecule has 3 aromatic rings. The number of furan rings is 1. The standard InChI is InChI=1S/C20H19ClN2O3/c1-13-16-12-15(21)7-8-17(16)26-19(13)20(25)23-10-9-22-18(24)11-14-5-3-2-4-6-14/h2-8,12H,9-11H2,1H3,(H,22,24)(H,23,25). The first-order valence-electron chi connectivity index (χ1n) is 8.32. The van der Waals surface area contributed by atoms with Gasteiger partial charge in [-0.1, -0.05) is 41.9 Å². The number of hydrogen-bond donors (Lipinski definition) is 2. The largest absolute Gasteiger partial charge is 0.451 e. The summed E-state index contributed by atoms with van der Waals surface area (Å²) in [6, 6.07) is 14.7. The molecule has 0 aliphatic carbocycles. The van der Waals surface area contributed by atoms with Gasteiger partial charge in [0.25, 0.3) is 5.91 Å². The molecule has 2 aromatic carbocycles. The second kappa shape index (κ2) is 8.06. The van der Waals surface area contributed by atoms with Crippen molar-refractivity contribution in [3.63, 3.8) is 0 Å². The maximum atomic E-state index is 12.3. The lowest BCUT2D eigenvalue weighted by Gasteiger charge is -2.06. The highest BCUT2D eigenvalue weighted by molar-refractivity contribution is 6.31. The summed E-state index contributed by atoms with van der Waals surface area (Å²) in [5, 5.41) is 6.95. The van der Waals surface area contributed by atoms with E-state index in [2.05, 4.69) is 10.6 Å². The van der Waals surface area contributed by atoms with Gasteiger partial charge in [-0.3, -0.25) is 9.59 Å². The SMILES string of the molecule is Cc1c(C(=O)NCCNC(=O)Cc2ccccc2)oc2ccc(Cl)cc12. The molecule has 0 atom stereocenters. The van der Waals surface area contributed by atoms with Gasteiger partial charge in [0.15, 0.2) is 5.76 Å². The van der Waals surface area contributed by atoms with Crippen molar-refractivity contribution in [2.75, 3.05) is 13.1 Å². The van der Waals surface area contributed by atoms with E-state index in [0.29, 0.717) is 30.1 Å². The second-order valence-corrected chi connectivity index (χ2v) is 6.40. The van der Waals surface area contributed by atoms with Crippen molar-refractivity contribution in [1.82, 2.24) is 10.6 Å². The fourth-order valence-corrected chi connectivity index (χ4v) is 2.88. The Bertz CT molecular complexity index is 935. The second-order valence-electron chi connectivity index (χ2n) is 5.96. The summed E-state index contributed by atoms with van der Waals surface area (Å²) in [4.78, 5) is 24.2. The van der Waals surface area contributed by atoms with Crippen LogP contribution in [0.25, 0.3) is 11.0 Å².